The van der Waals surface area contributed by atoms with E-state index in [1.165, 1.54) is 38.4 Å². The number of nitrogens with zero attached hydrogens (tertiary/aromatic N) is 3. The molecule has 0 saturated carbocycles. The van der Waals surface area contributed by atoms with Crippen LogP contribution in [0.1, 0.15) is 29.2 Å². The molecule has 0 unspecified atom stereocenters. The third-order valence-corrected chi connectivity index (χ3v) is 7.89. The first-order valence-corrected chi connectivity index (χ1v) is 12.4. The van der Waals surface area contributed by atoms with Gasteiger partial charge < -0.3 is 15.2 Å². The number of likely N-dealkylation sites (tertiary alicyclic amines) is 1. The summed E-state index contributed by atoms with van der Waals surface area (Å²) in [6.45, 7) is 0.755. The summed E-state index contributed by atoms with van der Waals surface area (Å²) in [5.41, 5.74) is 1.64. The van der Waals surface area contributed by atoms with Crippen molar-refractivity contribution in [1.29, 1.82) is 0 Å². The molecule has 1 saturated heterocycles. The fraction of sp³-hybridized carbons (Fsp3) is 0.348. The molecule has 0 aliphatic carbocycles. The zero-order chi connectivity index (χ0) is 24.5. The molecule has 1 aromatic heterocycles. The van der Waals surface area contributed by atoms with Crippen molar-refractivity contribution in [3.8, 4) is 0 Å². The molecule has 2 N–H and O–H groups in total. The van der Waals surface area contributed by atoms with Crippen molar-refractivity contribution in [2.24, 2.45) is 0 Å². The van der Waals surface area contributed by atoms with Crippen LogP contribution < -0.4 is 11.0 Å². The molecular weight excluding hydrogens is 458 g/mol. The van der Waals surface area contributed by atoms with Crippen molar-refractivity contribution in [2.75, 3.05) is 33.7 Å². The lowest BCUT2D eigenvalue weighted by Crippen LogP contribution is -2.45. The third-order valence-electron chi connectivity index (χ3n) is 6.08. The summed E-state index contributed by atoms with van der Waals surface area (Å²) in [6.07, 6.45) is 1.26. The Morgan fingerprint density at radius 3 is 2.50 bits per heavy atom. The number of piperidine rings is 1. The second-order valence-corrected chi connectivity index (χ2v) is 10.6. The summed E-state index contributed by atoms with van der Waals surface area (Å²) in [4.78, 5) is 42.1. The van der Waals surface area contributed by atoms with Crippen LogP contribution in [0.2, 0.25) is 0 Å². The fourth-order valence-electron chi connectivity index (χ4n) is 4.19. The van der Waals surface area contributed by atoms with Gasteiger partial charge in [0.1, 0.15) is 0 Å². The molecule has 0 bridgehead atoms. The van der Waals surface area contributed by atoms with Crippen molar-refractivity contribution >= 4 is 32.9 Å². The van der Waals surface area contributed by atoms with E-state index in [1.54, 1.807) is 9.47 Å². The predicted molar refractivity (Wildman–Crippen MR) is 127 cm³/mol. The first-order valence-electron chi connectivity index (χ1n) is 11.0. The molecule has 0 atom stereocenters. The molecule has 11 heteroatoms. The number of nitrogens with one attached hydrogen (secondary N) is 2. The number of fused-ring (bicyclic) bond motifs is 1. The molecule has 2 heterocycles. The van der Waals surface area contributed by atoms with Crippen molar-refractivity contribution in [2.45, 2.75) is 23.8 Å². The van der Waals surface area contributed by atoms with Crippen molar-refractivity contribution in [3.63, 3.8) is 0 Å². The van der Waals surface area contributed by atoms with Gasteiger partial charge in [-0.1, -0.05) is 18.2 Å². The second-order valence-electron chi connectivity index (χ2n) is 8.43. The molecule has 1 aliphatic heterocycles. The van der Waals surface area contributed by atoms with Gasteiger partial charge in [-0.3, -0.25) is 14.2 Å². The summed E-state index contributed by atoms with van der Waals surface area (Å²) < 4.78 is 27.4. The van der Waals surface area contributed by atoms with Crippen LogP contribution in [0.15, 0.2) is 58.2 Å². The van der Waals surface area contributed by atoms with E-state index in [0.29, 0.717) is 25.9 Å². The van der Waals surface area contributed by atoms with Crippen LogP contribution in [-0.2, 0) is 14.8 Å². The predicted octanol–water partition coefficient (Wildman–Crippen LogP) is 1.17. The Bertz CT molecular complexity index is 1380. The molecule has 2 amide bonds. The molecule has 1 aliphatic rings. The van der Waals surface area contributed by atoms with Gasteiger partial charge in [0.15, 0.2) is 0 Å². The SMILES string of the molecule is CN(C)S(=O)(=O)c1cccc(C(=O)NCC(=O)N2CCC(n3c(=O)[nH]c4ccccc43)CC2)c1. The molecule has 4 rings (SSSR count). The number of benzene rings is 2. The van der Waals surface area contributed by atoms with E-state index in [2.05, 4.69) is 10.3 Å². The van der Waals surface area contributed by atoms with E-state index in [4.69, 9.17) is 0 Å². The Morgan fingerprint density at radius 2 is 1.79 bits per heavy atom. The van der Waals surface area contributed by atoms with Crippen LogP contribution in [0.3, 0.4) is 0 Å². The van der Waals surface area contributed by atoms with Crippen molar-refractivity contribution in [3.05, 3.63) is 64.6 Å². The Balaban J connectivity index is 1.35. The van der Waals surface area contributed by atoms with Crippen LogP contribution in [0.5, 0.6) is 0 Å². The highest BCUT2D eigenvalue weighted by Gasteiger charge is 2.26. The normalized spacial score (nSPS) is 15.1. The Labute approximate surface area is 197 Å². The minimum Gasteiger partial charge on any atom is -0.343 e. The zero-order valence-electron chi connectivity index (χ0n) is 19.0. The summed E-state index contributed by atoms with van der Waals surface area (Å²) >= 11 is 0. The van der Waals surface area contributed by atoms with Gasteiger partial charge in [-0.15, -0.1) is 0 Å². The van der Waals surface area contributed by atoms with Crippen LogP contribution in [0, 0.1) is 0 Å². The average molecular weight is 486 g/mol. The number of imidazole rings is 1. The number of carbonyl (C=O) groups is 2. The highest BCUT2D eigenvalue weighted by Crippen LogP contribution is 2.24. The van der Waals surface area contributed by atoms with Gasteiger partial charge in [0, 0.05) is 38.8 Å². The van der Waals surface area contributed by atoms with Crippen LogP contribution >= 0.6 is 0 Å². The van der Waals surface area contributed by atoms with Crippen LogP contribution in [0.25, 0.3) is 11.0 Å². The lowest BCUT2D eigenvalue weighted by molar-refractivity contribution is -0.131. The van der Waals surface area contributed by atoms with Gasteiger partial charge in [-0.05, 0) is 43.2 Å². The number of hydrogen-bond donors (Lipinski definition) is 2. The Morgan fingerprint density at radius 1 is 1.09 bits per heavy atom. The number of para-hydroxylation sites is 2. The molecule has 2 aromatic carbocycles. The number of hydrogen-bond acceptors (Lipinski definition) is 5. The largest absolute Gasteiger partial charge is 0.343 e. The van der Waals surface area contributed by atoms with Gasteiger partial charge in [0.2, 0.25) is 15.9 Å². The highest BCUT2D eigenvalue weighted by atomic mass is 32.2. The topological polar surface area (TPSA) is 125 Å². The highest BCUT2D eigenvalue weighted by molar-refractivity contribution is 7.89. The number of aromatic amines is 1. The van der Waals surface area contributed by atoms with E-state index >= 15 is 0 Å². The first-order chi connectivity index (χ1) is 16.2. The minimum absolute atomic E-state index is 0.00562. The molecule has 34 heavy (non-hydrogen) atoms. The van der Waals surface area contributed by atoms with E-state index in [1.807, 2.05) is 24.3 Å². The maximum atomic E-state index is 12.7. The standard InChI is InChI=1S/C23H27N5O5S/c1-26(2)34(32,33)18-7-5-6-16(14-18)22(30)24-15-21(29)27-12-10-17(11-13-27)28-20-9-4-3-8-19(20)25-23(28)31/h3-9,14,17H,10-13,15H2,1-2H3,(H,24,30)(H,25,31). The third kappa shape index (κ3) is 4.62. The van der Waals surface area contributed by atoms with E-state index in [9.17, 15) is 22.8 Å². The number of amides is 2. The maximum absolute atomic E-state index is 12.7. The molecule has 10 nitrogen and oxygen atoms in total. The van der Waals surface area contributed by atoms with E-state index in [0.717, 1.165) is 15.3 Å². The first kappa shape index (κ1) is 23.7. The van der Waals surface area contributed by atoms with Gasteiger partial charge in [-0.2, -0.15) is 0 Å². The number of H-pyrrole nitrogens is 1. The van der Waals surface area contributed by atoms with Crippen LogP contribution in [-0.4, -0.2) is 72.7 Å². The molecule has 0 radical (unpaired) electrons. The second kappa shape index (κ2) is 9.43. The Hall–Kier alpha value is -3.44. The minimum atomic E-state index is -3.67. The quantitative estimate of drug-likeness (QED) is 0.542. The number of rotatable bonds is 6. The molecule has 0 spiro atoms. The summed E-state index contributed by atoms with van der Waals surface area (Å²) in [5, 5.41) is 2.58. The average Bonchev–Trinajstić information content (AvgIpc) is 3.18. The van der Waals surface area contributed by atoms with Crippen molar-refractivity contribution in [1.82, 2.24) is 24.1 Å². The van der Waals surface area contributed by atoms with E-state index < -0.39 is 15.9 Å². The lowest BCUT2D eigenvalue weighted by Gasteiger charge is -2.32. The summed E-state index contributed by atoms with van der Waals surface area (Å²) in [7, 11) is -0.839. The Kier molecular flexibility index (Phi) is 6.58. The monoisotopic (exact) mass is 485 g/mol. The van der Waals surface area contributed by atoms with Gasteiger partial charge in [0.25, 0.3) is 5.91 Å². The van der Waals surface area contributed by atoms with Gasteiger partial charge in [0.05, 0.1) is 22.5 Å². The molecule has 3 aromatic rings. The molecule has 1 fully saturated rings. The summed E-state index contributed by atoms with van der Waals surface area (Å²) in [5.74, 6) is -0.750. The lowest BCUT2D eigenvalue weighted by atomic mass is 10.0. The molecule has 180 valence electrons. The van der Waals surface area contributed by atoms with E-state index in [-0.39, 0.29) is 34.6 Å². The number of sulfonamides is 1. The number of carbonyl (C=O) groups excluding carboxylic acids is 2. The van der Waals surface area contributed by atoms with Gasteiger partial charge in [-0.25, -0.2) is 17.5 Å². The van der Waals surface area contributed by atoms with Crippen molar-refractivity contribution < 1.29 is 18.0 Å². The fourth-order valence-corrected chi connectivity index (χ4v) is 5.14. The smallest absolute Gasteiger partial charge is 0.326 e. The summed E-state index contributed by atoms with van der Waals surface area (Å²) in [6, 6.07) is 13.2. The molecular formula is C23H27N5O5S. The van der Waals surface area contributed by atoms with Gasteiger partial charge >= 0.3 is 5.69 Å². The van der Waals surface area contributed by atoms with Crippen LogP contribution in [0.4, 0.5) is 0 Å². The zero-order valence-corrected chi connectivity index (χ0v) is 19.8. The number of aromatic nitrogens is 2. The maximum Gasteiger partial charge on any atom is 0.326 e.